The molecule has 0 spiro atoms. The van der Waals surface area contributed by atoms with Crippen molar-refractivity contribution in [1.82, 2.24) is 34.6 Å². The normalized spacial score (nSPS) is 17.4. The average Bonchev–Trinajstić information content (AvgIpc) is 3.65. The van der Waals surface area contributed by atoms with Crippen molar-refractivity contribution < 1.29 is 27.0 Å². The maximum atomic E-state index is 14.3. The van der Waals surface area contributed by atoms with E-state index >= 15 is 0 Å². The van der Waals surface area contributed by atoms with Crippen LogP contribution in [0.2, 0.25) is 0 Å². The monoisotopic (exact) mass is 653 g/mol. The van der Waals surface area contributed by atoms with Crippen molar-refractivity contribution in [2.45, 2.75) is 38.4 Å². The number of aromatic nitrogens is 6. The van der Waals surface area contributed by atoms with Gasteiger partial charge in [-0.15, -0.1) is 10.2 Å². The first kappa shape index (κ1) is 31.8. The summed E-state index contributed by atoms with van der Waals surface area (Å²) in [7, 11) is 0. The summed E-state index contributed by atoms with van der Waals surface area (Å²) in [4.78, 5) is 15.7. The van der Waals surface area contributed by atoms with Crippen LogP contribution in [0, 0.1) is 17.1 Å². The van der Waals surface area contributed by atoms with Crippen LogP contribution < -0.4 is 21.1 Å². The molecule has 0 amide bonds. The van der Waals surface area contributed by atoms with Crippen molar-refractivity contribution in [2.24, 2.45) is 5.73 Å². The number of aromatic amines is 1. The molecule has 47 heavy (non-hydrogen) atoms. The second-order valence-electron chi connectivity index (χ2n) is 11.1. The molecule has 13 nitrogen and oxygen atoms in total. The van der Waals surface area contributed by atoms with Crippen molar-refractivity contribution in [3.8, 4) is 11.9 Å². The summed E-state index contributed by atoms with van der Waals surface area (Å²) in [6.07, 6.45) is -2.45. The Morgan fingerprint density at radius 3 is 2.60 bits per heavy atom. The molecule has 1 aromatic carbocycles. The van der Waals surface area contributed by atoms with Gasteiger partial charge in [-0.3, -0.25) is 4.90 Å². The van der Waals surface area contributed by atoms with Crippen LogP contribution in [0.1, 0.15) is 40.7 Å². The fourth-order valence-corrected chi connectivity index (χ4v) is 5.21. The number of halogens is 4. The number of benzene rings is 1. The number of piperazine rings is 1. The van der Waals surface area contributed by atoms with Crippen molar-refractivity contribution in [3.05, 3.63) is 76.5 Å². The van der Waals surface area contributed by atoms with Gasteiger partial charge < -0.3 is 35.4 Å². The third kappa shape index (κ3) is 7.28. The highest BCUT2D eigenvalue weighted by Crippen LogP contribution is 2.28. The molecule has 6 rings (SSSR count). The van der Waals surface area contributed by atoms with Crippen LogP contribution in [0.5, 0.6) is 5.88 Å². The molecule has 0 bridgehead atoms. The molecule has 2 fully saturated rings. The minimum Gasteiger partial charge on any atom is -0.473 e. The maximum Gasteiger partial charge on any atom is 0.451 e. The van der Waals surface area contributed by atoms with Crippen LogP contribution in [-0.4, -0.2) is 73.5 Å². The largest absolute Gasteiger partial charge is 0.473 e. The number of nitrogens with zero attached hydrogens (tertiary/aromatic N) is 8. The first-order chi connectivity index (χ1) is 22.6. The van der Waals surface area contributed by atoms with Crippen LogP contribution >= 0.6 is 0 Å². The number of H-pyrrole nitrogens is 1. The standard InChI is InChI=1S/C30H31F4N11O2/c31-21-12-18(14-35)4-5-19(21)17-47-26-3-1-2-24(39-26)44-9-7-43(8-10-44)16-25-38-23(27(37)45(25)15-20-6-11-46-20)13-22(36)28-40-29(42-41-28)30(32,33)34/h1-5,12-13,20H,6-11,15-17,36-37H2,(H,40,41,42)/b22-13-. The van der Waals surface area contributed by atoms with Crippen molar-refractivity contribution >= 4 is 23.4 Å². The highest BCUT2D eigenvalue weighted by Gasteiger charge is 2.35. The highest BCUT2D eigenvalue weighted by atomic mass is 19.4. The predicted molar refractivity (Wildman–Crippen MR) is 162 cm³/mol. The molecule has 2 saturated heterocycles. The molecule has 17 heteroatoms. The molecule has 0 radical (unpaired) electrons. The Morgan fingerprint density at radius 2 is 1.94 bits per heavy atom. The summed E-state index contributed by atoms with van der Waals surface area (Å²) in [5, 5.41) is 15.6. The van der Waals surface area contributed by atoms with E-state index in [4.69, 9.17) is 31.2 Å². The van der Waals surface area contributed by atoms with Crippen molar-refractivity contribution in [1.29, 1.82) is 5.26 Å². The molecule has 3 aromatic heterocycles. The smallest absolute Gasteiger partial charge is 0.451 e. The number of nitrogens with two attached hydrogens (primary N) is 2. The quantitative estimate of drug-likeness (QED) is 0.215. The zero-order chi connectivity index (χ0) is 33.1. The van der Waals surface area contributed by atoms with Gasteiger partial charge in [0, 0.05) is 44.4 Å². The molecular formula is C30H31F4N11O2. The second-order valence-corrected chi connectivity index (χ2v) is 11.1. The lowest BCUT2D eigenvalue weighted by Gasteiger charge is -2.35. The minimum absolute atomic E-state index is 0.0196. The number of pyridine rings is 1. The van der Waals surface area contributed by atoms with Gasteiger partial charge in [0.1, 0.15) is 35.6 Å². The number of ether oxygens (including phenoxy) is 2. The molecule has 2 aliphatic heterocycles. The molecule has 0 aliphatic carbocycles. The molecule has 4 aromatic rings. The second kappa shape index (κ2) is 13.3. The van der Waals surface area contributed by atoms with Crippen LogP contribution in [0.3, 0.4) is 0 Å². The van der Waals surface area contributed by atoms with E-state index < -0.39 is 17.8 Å². The summed E-state index contributed by atoms with van der Waals surface area (Å²) in [6.45, 7) is 4.26. The van der Waals surface area contributed by atoms with E-state index in [1.807, 2.05) is 22.8 Å². The zero-order valence-corrected chi connectivity index (χ0v) is 25.0. The van der Waals surface area contributed by atoms with Crippen LogP contribution in [0.15, 0.2) is 36.4 Å². The Hall–Kier alpha value is -5.21. The Morgan fingerprint density at radius 1 is 1.15 bits per heavy atom. The van der Waals surface area contributed by atoms with Gasteiger partial charge in [-0.1, -0.05) is 12.1 Å². The summed E-state index contributed by atoms with van der Waals surface area (Å²) < 4.78 is 66.4. The molecular weight excluding hydrogens is 622 g/mol. The number of nitrogens with one attached hydrogen (secondary N) is 1. The fourth-order valence-electron chi connectivity index (χ4n) is 5.21. The third-order valence-electron chi connectivity index (χ3n) is 7.94. The summed E-state index contributed by atoms with van der Waals surface area (Å²) in [5.41, 5.74) is 13.3. The van der Waals surface area contributed by atoms with E-state index in [0.29, 0.717) is 74.7 Å². The maximum absolute atomic E-state index is 14.3. The van der Waals surface area contributed by atoms with E-state index in [2.05, 4.69) is 30.0 Å². The van der Waals surface area contributed by atoms with Gasteiger partial charge >= 0.3 is 6.18 Å². The number of hydrogen-bond acceptors (Lipinski definition) is 11. The van der Waals surface area contributed by atoms with E-state index in [-0.39, 0.29) is 29.8 Å². The molecule has 2 aliphatic rings. The first-order valence-corrected chi connectivity index (χ1v) is 14.8. The average molecular weight is 654 g/mol. The van der Waals surface area contributed by atoms with E-state index in [9.17, 15) is 17.6 Å². The third-order valence-corrected chi connectivity index (χ3v) is 7.94. The summed E-state index contributed by atoms with van der Waals surface area (Å²) in [6, 6.07) is 11.5. The summed E-state index contributed by atoms with van der Waals surface area (Å²) in [5.74, 6) is 0.0496. The molecule has 246 valence electrons. The van der Waals surface area contributed by atoms with Gasteiger partial charge in [0.25, 0.3) is 0 Å². The Balaban J connectivity index is 1.11. The Kier molecular flexibility index (Phi) is 8.96. The number of nitriles is 1. The minimum atomic E-state index is -4.69. The van der Waals surface area contributed by atoms with Gasteiger partial charge in [-0.2, -0.15) is 23.4 Å². The van der Waals surface area contributed by atoms with Gasteiger partial charge in [0.2, 0.25) is 11.7 Å². The van der Waals surface area contributed by atoms with E-state index in [0.717, 1.165) is 12.2 Å². The van der Waals surface area contributed by atoms with Crippen LogP contribution in [0.25, 0.3) is 11.8 Å². The number of anilines is 2. The lowest BCUT2D eigenvalue weighted by molar-refractivity contribution is -0.144. The number of imidazole rings is 1. The molecule has 5 heterocycles. The Bertz CT molecular complexity index is 1800. The predicted octanol–water partition coefficient (Wildman–Crippen LogP) is 3.15. The van der Waals surface area contributed by atoms with E-state index in [1.165, 1.54) is 24.3 Å². The number of rotatable bonds is 10. The van der Waals surface area contributed by atoms with Gasteiger partial charge in [-0.05, 0) is 30.7 Å². The molecule has 0 saturated carbocycles. The van der Waals surface area contributed by atoms with Gasteiger partial charge in [0.15, 0.2) is 5.82 Å². The SMILES string of the molecule is N#Cc1ccc(COc2cccc(N3CCN(Cc4nc(/C=C(\N)c5nnc(C(F)(F)F)[nH]5)c(N)n4CC4CCO4)CC3)n2)c(F)c1. The zero-order valence-electron chi connectivity index (χ0n) is 25.0. The molecule has 1 unspecified atom stereocenters. The summed E-state index contributed by atoms with van der Waals surface area (Å²) >= 11 is 0. The highest BCUT2D eigenvalue weighted by molar-refractivity contribution is 5.78. The van der Waals surface area contributed by atoms with Crippen molar-refractivity contribution in [2.75, 3.05) is 43.4 Å². The topological polar surface area (TPSA) is 173 Å². The Labute approximate surface area is 266 Å². The molecule has 1 atom stereocenters. The van der Waals surface area contributed by atoms with Crippen LogP contribution in [0.4, 0.5) is 29.2 Å². The van der Waals surface area contributed by atoms with Gasteiger partial charge in [-0.25, -0.2) is 9.37 Å². The molecule has 5 N–H and O–H groups in total. The lowest BCUT2D eigenvalue weighted by atomic mass is 10.1. The van der Waals surface area contributed by atoms with Gasteiger partial charge in [0.05, 0.1) is 36.5 Å². The van der Waals surface area contributed by atoms with E-state index in [1.54, 1.807) is 6.07 Å². The fraction of sp³-hybridized carbons (Fsp3) is 0.367. The van der Waals surface area contributed by atoms with Crippen molar-refractivity contribution in [3.63, 3.8) is 0 Å². The van der Waals surface area contributed by atoms with Crippen LogP contribution in [-0.2, 0) is 30.6 Å². The number of alkyl halides is 3. The number of hydrogen-bond donors (Lipinski definition) is 3. The lowest BCUT2D eigenvalue weighted by Crippen LogP contribution is -2.46. The first-order valence-electron chi connectivity index (χ1n) is 14.8. The number of nitrogen functional groups attached to an aromatic ring is 1.